The van der Waals surface area contributed by atoms with Gasteiger partial charge in [0.25, 0.3) is 0 Å². The van der Waals surface area contributed by atoms with E-state index in [0.29, 0.717) is 0 Å². The van der Waals surface area contributed by atoms with Crippen molar-refractivity contribution in [2.45, 2.75) is 26.3 Å². The number of hydrogen-bond donors (Lipinski definition) is 1. The molecule has 0 fully saturated rings. The number of rotatable bonds is 5. The summed E-state index contributed by atoms with van der Waals surface area (Å²) in [6.45, 7) is 4.17. The Labute approximate surface area is 119 Å². The van der Waals surface area contributed by atoms with Crippen LogP contribution in [-0.2, 0) is 6.42 Å². The van der Waals surface area contributed by atoms with Crippen LogP contribution >= 0.6 is 0 Å². The molecule has 0 aromatic heterocycles. The minimum atomic E-state index is -0.194. The smallest absolute Gasteiger partial charge is 0.123 e. The molecule has 106 valence electrons. The van der Waals surface area contributed by atoms with Crippen LogP contribution < -0.4 is 10.1 Å². The Kier molecular flexibility index (Phi) is 4.61. The molecule has 1 unspecified atom stereocenters. The summed E-state index contributed by atoms with van der Waals surface area (Å²) in [4.78, 5) is 0. The Morgan fingerprint density at radius 1 is 1.15 bits per heavy atom. The molecule has 0 amide bonds. The lowest BCUT2D eigenvalue weighted by molar-refractivity contribution is 0.414. The highest BCUT2D eigenvalue weighted by atomic mass is 19.1. The topological polar surface area (TPSA) is 21.3 Å². The van der Waals surface area contributed by atoms with Crippen molar-refractivity contribution in [2.24, 2.45) is 0 Å². The third kappa shape index (κ3) is 3.73. The molecule has 1 N–H and O–H groups in total. The Bertz CT molecular complexity index is 566. The molecule has 0 aliphatic rings. The number of halogens is 1. The van der Waals surface area contributed by atoms with Gasteiger partial charge in [-0.2, -0.15) is 0 Å². The summed E-state index contributed by atoms with van der Waals surface area (Å²) in [5, 5.41) is 3.48. The average molecular weight is 273 g/mol. The molecule has 20 heavy (non-hydrogen) atoms. The number of aryl methyl sites for hydroxylation is 1. The van der Waals surface area contributed by atoms with Gasteiger partial charge in [-0.3, -0.25) is 0 Å². The Morgan fingerprint density at radius 2 is 1.85 bits per heavy atom. The minimum absolute atomic E-state index is 0.194. The van der Waals surface area contributed by atoms with E-state index in [1.165, 1.54) is 12.1 Å². The fourth-order valence-electron chi connectivity index (χ4n) is 2.22. The molecule has 2 rings (SSSR count). The van der Waals surface area contributed by atoms with Crippen LogP contribution in [0.3, 0.4) is 0 Å². The first-order chi connectivity index (χ1) is 9.58. The van der Waals surface area contributed by atoms with Gasteiger partial charge in [0.1, 0.15) is 11.6 Å². The van der Waals surface area contributed by atoms with Gasteiger partial charge in [-0.15, -0.1) is 0 Å². The van der Waals surface area contributed by atoms with Crippen LogP contribution in [0.5, 0.6) is 5.75 Å². The van der Waals surface area contributed by atoms with Gasteiger partial charge in [0.2, 0.25) is 0 Å². The molecule has 0 radical (unpaired) electrons. The fraction of sp³-hybridized carbons (Fsp3) is 0.294. The van der Waals surface area contributed by atoms with E-state index in [1.807, 2.05) is 30.3 Å². The summed E-state index contributed by atoms with van der Waals surface area (Å²) in [6.07, 6.45) is 0.853. The summed E-state index contributed by atoms with van der Waals surface area (Å²) < 4.78 is 18.1. The van der Waals surface area contributed by atoms with E-state index in [2.05, 4.69) is 19.2 Å². The molecule has 0 aliphatic heterocycles. The Balaban J connectivity index is 2.00. The Morgan fingerprint density at radius 3 is 2.45 bits per heavy atom. The second-order valence-corrected chi connectivity index (χ2v) is 5.06. The van der Waals surface area contributed by atoms with E-state index in [9.17, 15) is 4.39 Å². The number of ether oxygens (including phenoxy) is 1. The van der Waals surface area contributed by atoms with E-state index in [4.69, 9.17) is 4.74 Å². The van der Waals surface area contributed by atoms with E-state index in [0.717, 1.165) is 29.0 Å². The summed E-state index contributed by atoms with van der Waals surface area (Å²) in [5.74, 6) is 0.666. The van der Waals surface area contributed by atoms with Crippen molar-refractivity contribution in [3.05, 3.63) is 59.4 Å². The first-order valence-electron chi connectivity index (χ1n) is 6.74. The number of nitrogens with one attached hydrogen (secondary N) is 1. The zero-order chi connectivity index (χ0) is 14.5. The SMILES string of the molecule is COc1ccc(NC(C)Cc2ccc(F)cc2)c(C)c1. The molecule has 0 bridgehead atoms. The molecule has 2 nitrogen and oxygen atoms in total. The molecule has 0 aliphatic carbocycles. The number of methoxy groups -OCH3 is 1. The third-order valence-corrected chi connectivity index (χ3v) is 3.29. The third-order valence-electron chi connectivity index (χ3n) is 3.29. The fourth-order valence-corrected chi connectivity index (χ4v) is 2.22. The molecule has 1 atom stereocenters. The van der Waals surface area contributed by atoms with Crippen molar-refractivity contribution in [1.29, 1.82) is 0 Å². The Hall–Kier alpha value is -2.03. The highest BCUT2D eigenvalue weighted by molar-refractivity contribution is 5.54. The molecular weight excluding hydrogens is 253 g/mol. The molecule has 0 spiro atoms. The van der Waals surface area contributed by atoms with Crippen LogP contribution in [0.25, 0.3) is 0 Å². The van der Waals surface area contributed by atoms with Gasteiger partial charge in [-0.1, -0.05) is 12.1 Å². The van der Waals surface area contributed by atoms with Crippen molar-refractivity contribution in [3.8, 4) is 5.75 Å². The van der Waals surface area contributed by atoms with Gasteiger partial charge in [0, 0.05) is 11.7 Å². The van der Waals surface area contributed by atoms with Crippen LogP contribution in [0.1, 0.15) is 18.1 Å². The highest BCUT2D eigenvalue weighted by Crippen LogP contribution is 2.22. The highest BCUT2D eigenvalue weighted by Gasteiger charge is 2.06. The average Bonchev–Trinajstić information content (AvgIpc) is 2.43. The quantitative estimate of drug-likeness (QED) is 0.882. The molecular formula is C17H20FNO. The zero-order valence-corrected chi connectivity index (χ0v) is 12.1. The lowest BCUT2D eigenvalue weighted by Crippen LogP contribution is -2.18. The monoisotopic (exact) mass is 273 g/mol. The summed E-state index contributed by atoms with van der Waals surface area (Å²) in [5.41, 5.74) is 3.37. The van der Waals surface area contributed by atoms with Gasteiger partial charge in [-0.05, 0) is 61.7 Å². The summed E-state index contributed by atoms with van der Waals surface area (Å²) in [6, 6.07) is 12.9. The van der Waals surface area contributed by atoms with Crippen LogP contribution in [0, 0.1) is 12.7 Å². The molecule has 3 heteroatoms. The van der Waals surface area contributed by atoms with E-state index in [-0.39, 0.29) is 11.9 Å². The number of benzene rings is 2. The van der Waals surface area contributed by atoms with Crippen molar-refractivity contribution in [2.75, 3.05) is 12.4 Å². The van der Waals surface area contributed by atoms with E-state index >= 15 is 0 Å². The van der Waals surface area contributed by atoms with Gasteiger partial charge in [-0.25, -0.2) is 4.39 Å². The van der Waals surface area contributed by atoms with Gasteiger partial charge in [0.05, 0.1) is 7.11 Å². The van der Waals surface area contributed by atoms with Gasteiger partial charge >= 0.3 is 0 Å². The normalized spacial score (nSPS) is 12.0. The van der Waals surface area contributed by atoms with Crippen molar-refractivity contribution >= 4 is 5.69 Å². The molecule has 2 aromatic carbocycles. The van der Waals surface area contributed by atoms with Crippen LogP contribution in [0.4, 0.5) is 10.1 Å². The summed E-state index contributed by atoms with van der Waals surface area (Å²) in [7, 11) is 1.67. The van der Waals surface area contributed by atoms with Gasteiger partial charge < -0.3 is 10.1 Å². The van der Waals surface area contributed by atoms with E-state index in [1.54, 1.807) is 7.11 Å². The lowest BCUT2D eigenvalue weighted by Gasteiger charge is -2.17. The molecule has 2 aromatic rings. The lowest BCUT2D eigenvalue weighted by atomic mass is 10.1. The standard InChI is InChI=1S/C17H20FNO/c1-12-10-16(20-3)8-9-17(12)19-13(2)11-14-4-6-15(18)7-5-14/h4-10,13,19H,11H2,1-3H3. The number of hydrogen-bond acceptors (Lipinski definition) is 2. The van der Waals surface area contributed by atoms with Crippen molar-refractivity contribution in [1.82, 2.24) is 0 Å². The largest absolute Gasteiger partial charge is 0.497 e. The molecule has 0 heterocycles. The van der Waals surface area contributed by atoms with Crippen LogP contribution in [0.2, 0.25) is 0 Å². The summed E-state index contributed by atoms with van der Waals surface area (Å²) >= 11 is 0. The maximum atomic E-state index is 12.9. The first-order valence-corrected chi connectivity index (χ1v) is 6.74. The predicted octanol–water partition coefficient (Wildman–Crippen LogP) is 4.19. The second kappa shape index (κ2) is 6.42. The molecule has 0 saturated heterocycles. The zero-order valence-electron chi connectivity index (χ0n) is 12.1. The minimum Gasteiger partial charge on any atom is -0.497 e. The van der Waals surface area contributed by atoms with Crippen LogP contribution in [0.15, 0.2) is 42.5 Å². The van der Waals surface area contributed by atoms with Crippen molar-refractivity contribution < 1.29 is 9.13 Å². The molecule has 0 saturated carbocycles. The van der Waals surface area contributed by atoms with Crippen molar-refractivity contribution in [3.63, 3.8) is 0 Å². The first kappa shape index (κ1) is 14.4. The van der Waals surface area contributed by atoms with Gasteiger partial charge in [0.15, 0.2) is 0 Å². The predicted molar refractivity (Wildman–Crippen MR) is 80.9 cm³/mol. The van der Waals surface area contributed by atoms with Crippen LogP contribution in [-0.4, -0.2) is 13.2 Å². The maximum absolute atomic E-state index is 12.9. The second-order valence-electron chi connectivity index (χ2n) is 5.06. The number of anilines is 1. The maximum Gasteiger partial charge on any atom is 0.123 e. The van der Waals surface area contributed by atoms with E-state index < -0.39 is 0 Å².